The third-order valence-electron chi connectivity index (χ3n) is 3.51. The second kappa shape index (κ2) is 7.23. The molecule has 2 unspecified atom stereocenters. The largest absolute Gasteiger partial charge is 0.496 e. The van der Waals surface area contributed by atoms with Crippen molar-refractivity contribution in [2.24, 2.45) is 0 Å². The lowest BCUT2D eigenvalue weighted by Gasteiger charge is -2.16. The standard InChI is InChI=1S/C16H25NO2S/c1-5-20-10-11(2)17-9-14-8-16-13(6-12(3)19-16)7-15(14)18-4/h7-8,11-12,17H,5-6,9-10H2,1-4H3. The Morgan fingerprint density at radius 2 is 2.30 bits per heavy atom. The molecular weight excluding hydrogens is 270 g/mol. The van der Waals surface area contributed by atoms with Gasteiger partial charge in [0.1, 0.15) is 17.6 Å². The van der Waals surface area contributed by atoms with E-state index in [1.54, 1.807) is 7.11 Å². The molecule has 20 heavy (non-hydrogen) atoms. The van der Waals surface area contributed by atoms with Gasteiger partial charge in [-0.05, 0) is 31.7 Å². The number of nitrogens with one attached hydrogen (secondary N) is 1. The Kier molecular flexibility index (Phi) is 5.61. The third-order valence-corrected chi connectivity index (χ3v) is 4.66. The van der Waals surface area contributed by atoms with Crippen molar-refractivity contribution in [2.45, 2.75) is 45.9 Å². The monoisotopic (exact) mass is 295 g/mol. The van der Waals surface area contributed by atoms with Gasteiger partial charge in [0.25, 0.3) is 0 Å². The highest BCUT2D eigenvalue weighted by atomic mass is 32.2. The SMILES string of the molecule is CCSCC(C)NCc1cc2c(cc1OC)CC(C)O2. The molecule has 2 rings (SSSR count). The predicted molar refractivity (Wildman–Crippen MR) is 86.1 cm³/mol. The van der Waals surface area contributed by atoms with E-state index >= 15 is 0 Å². The van der Waals surface area contributed by atoms with Gasteiger partial charge in [-0.1, -0.05) is 6.92 Å². The van der Waals surface area contributed by atoms with Crippen molar-refractivity contribution in [1.82, 2.24) is 5.32 Å². The summed E-state index contributed by atoms with van der Waals surface area (Å²) in [7, 11) is 1.74. The van der Waals surface area contributed by atoms with Crippen molar-refractivity contribution in [3.63, 3.8) is 0 Å². The molecule has 3 nitrogen and oxygen atoms in total. The van der Waals surface area contributed by atoms with E-state index < -0.39 is 0 Å². The number of hydrogen-bond donors (Lipinski definition) is 1. The van der Waals surface area contributed by atoms with E-state index in [4.69, 9.17) is 9.47 Å². The van der Waals surface area contributed by atoms with Gasteiger partial charge in [-0.3, -0.25) is 0 Å². The normalized spacial score (nSPS) is 18.5. The molecule has 1 aliphatic rings. The molecule has 0 aliphatic carbocycles. The molecule has 1 N–H and O–H groups in total. The number of thioether (sulfide) groups is 1. The van der Waals surface area contributed by atoms with Crippen molar-refractivity contribution in [2.75, 3.05) is 18.6 Å². The third kappa shape index (κ3) is 3.83. The molecule has 0 aromatic heterocycles. The number of hydrogen-bond acceptors (Lipinski definition) is 4. The molecule has 1 heterocycles. The van der Waals surface area contributed by atoms with Crippen molar-refractivity contribution < 1.29 is 9.47 Å². The first-order valence-electron chi connectivity index (χ1n) is 7.31. The molecular formula is C16H25NO2S. The van der Waals surface area contributed by atoms with Gasteiger partial charge in [0.2, 0.25) is 0 Å². The highest BCUT2D eigenvalue weighted by molar-refractivity contribution is 7.99. The lowest BCUT2D eigenvalue weighted by atomic mass is 10.1. The van der Waals surface area contributed by atoms with Crippen LogP contribution >= 0.6 is 11.8 Å². The van der Waals surface area contributed by atoms with Crippen molar-refractivity contribution in [1.29, 1.82) is 0 Å². The molecule has 0 amide bonds. The van der Waals surface area contributed by atoms with Gasteiger partial charge in [0, 0.05) is 35.9 Å². The average molecular weight is 295 g/mol. The van der Waals surface area contributed by atoms with E-state index in [0.717, 1.165) is 30.2 Å². The zero-order chi connectivity index (χ0) is 14.5. The number of methoxy groups -OCH3 is 1. The molecule has 2 atom stereocenters. The zero-order valence-electron chi connectivity index (χ0n) is 12.9. The molecule has 1 aromatic rings. The minimum absolute atomic E-state index is 0.276. The highest BCUT2D eigenvalue weighted by Crippen LogP contribution is 2.34. The zero-order valence-corrected chi connectivity index (χ0v) is 13.7. The van der Waals surface area contributed by atoms with Crippen LogP contribution in [0, 0.1) is 0 Å². The van der Waals surface area contributed by atoms with Crippen LogP contribution in [-0.2, 0) is 13.0 Å². The van der Waals surface area contributed by atoms with Gasteiger partial charge in [0.15, 0.2) is 0 Å². The molecule has 112 valence electrons. The number of ether oxygens (including phenoxy) is 2. The first-order chi connectivity index (χ1) is 9.63. The lowest BCUT2D eigenvalue weighted by Crippen LogP contribution is -2.27. The summed E-state index contributed by atoms with van der Waals surface area (Å²) in [5.41, 5.74) is 2.43. The van der Waals surface area contributed by atoms with Crippen LogP contribution in [0.25, 0.3) is 0 Å². The summed E-state index contributed by atoms with van der Waals surface area (Å²) >= 11 is 1.96. The topological polar surface area (TPSA) is 30.5 Å². The maximum Gasteiger partial charge on any atom is 0.123 e. The summed E-state index contributed by atoms with van der Waals surface area (Å²) in [5.74, 6) is 4.28. The first kappa shape index (κ1) is 15.5. The van der Waals surface area contributed by atoms with Crippen LogP contribution in [0.2, 0.25) is 0 Å². The summed E-state index contributed by atoms with van der Waals surface area (Å²) in [6, 6.07) is 4.75. The fourth-order valence-electron chi connectivity index (χ4n) is 2.45. The number of fused-ring (bicyclic) bond motifs is 1. The number of benzene rings is 1. The predicted octanol–water partition coefficient (Wildman–Crippen LogP) is 3.25. The molecule has 1 aliphatic heterocycles. The van der Waals surface area contributed by atoms with Gasteiger partial charge in [-0.15, -0.1) is 0 Å². The Bertz CT molecular complexity index is 450. The molecule has 1 aromatic carbocycles. The summed E-state index contributed by atoms with van der Waals surface area (Å²) in [6.07, 6.45) is 1.25. The Hall–Kier alpha value is -0.870. The van der Waals surface area contributed by atoms with Gasteiger partial charge >= 0.3 is 0 Å². The Balaban J connectivity index is 2.02. The molecule has 0 fully saturated rings. The Morgan fingerprint density at radius 3 is 3.00 bits per heavy atom. The van der Waals surface area contributed by atoms with Crippen molar-refractivity contribution >= 4 is 11.8 Å². The fraction of sp³-hybridized carbons (Fsp3) is 0.625. The molecule has 0 saturated heterocycles. The van der Waals surface area contributed by atoms with E-state index in [1.165, 1.54) is 16.9 Å². The molecule has 0 radical (unpaired) electrons. The van der Waals surface area contributed by atoms with Crippen LogP contribution in [0.15, 0.2) is 12.1 Å². The van der Waals surface area contributed by atoms with Gasteiger partial charge in [-0.25, -0.2) is 0 Å². The minimum Gasteiger partial charge on any atom is -0.496 e. The van der Waals surface area contributed by atoms with E-state index in [1.807, 2.05) is 11.8 Å². The Morgan fingerprint density at radius 1 is 1.50 bits per heavy atom. The fourth-order valence-corrected chi connectivity index (χ4v) is 3.15. The maximum absolute atomic E-state index is 5.83. The van der Waals surface area contributed by atoms with E-state index in [9.17, 15) is 0 Å². The molecule has 0 bridgehead atoms. The first-order valence-corrected chi connectivity index (χ1v) is 8.47. The van der Waals surface area contributed by atoms with E-state index in [2.05, 4.69) is 38.2 Å². The summed E-state index contributed by atoms with van der Waals surface area (Å²) < 4.78 is 11.3. The van der Waals surface area contributed by atoms with Gasteiger partial charge in [-0.2, -0.15) is 11.8 Å². The van der Waals surface area contributed by atoms with Crippen LogP contribution in [0.4, 0.5) is 0 Å². The summed E-state index contributed by atoms with van der Waals surface area (Å²) in [4.78, 5) is 0. The smallest absolute Gasteiger partial charge is 0.123 e. The van der Waals surface area contributed by atoms with Gasteiger partial charge in [0.05, 0.1) is 7.11 Å². The van der Waals surface area contributed by atoms with Crippen LogP contribution in [0.5, 0.6) is 11.5 Å². The summed E-state index contributed by atoms with van der Waals surface area (Å²) in [6.45, 7) is 7.34. The quantitative estimate of drug-likeness (QED) is 0.836. The average Bonchev–Trinajstić information content (AvgIpc) is 2.80. The number of rotatable bonds is 7. The van der Waals surface area contributed by atoms with Crippen molar-refractivity contribution in [3.05, 3.63) is 23.3 Å². The maximum atomic E-state index is 5.83. The van der Waals surface area contributed by atoms with Crippen LogP contribution in [0.1, 0.15) is 31.9 Å². The minimum atomic E-state index is 0.276. The van der Waals surface area contributed by atoms with Crippen LogP contribution < -0.4 is 14.8 Å². The van der Waals surface area contributed by atoms with Crippen LogP contribution in [0.3, 0.4) is 0 Å². The molecule has 0 saturated carbocycles. The van der Waals surface area contributed by atoms with Crippen LogP contribution in [-0.4, -0.2) is 30.8 Å². The second-order valence-electron chi connectivity index (χ2n) is 5.35. The summed E-state index contributed by atoms with van der Waals surface area (Å²) in [5, 5.41) is 3.55. The van der Waals surface area contributed by atoms with Gasteiger partial charge < -0.3 is 14.8 Å². The van der Waals surface area contributed by atoms with E-state index in [0.29, 0.717) is 6.04 Å². The highest BCUT2D eigenvalue weighted by Gasteiger charge is 2.21. The Labute approximate surface area is 126 Å². The van der Waals surface area contributed by atoms with E-state index in [-0.39, 0.29) is 6.10 Å². The molecule has 4 heteroatoms. The van der Waals surface area contributed by atoms with Crippen molar-refractivity contribution in [3.8, 4) is 11.5 Å². The lowest BCUT2D eigenvalue weighted by molar-refractivity contribution is 0.254. The second-order valence-corrected chi connectivity index (χ2v) is 6.66. The molecule has 0 spiro atoms.